The molecule has 1 aromatic heterocycles. The molecule has 0 fully saturated rings. The molecule has 1 heterocycles. The lowest BCUT2D eigenvalue weighted by Gasteiger charge is -2.06. The van der Waals surface area contributed by atoms with Crippen LogP contribution in [0.4, 0.5) is 4.39 Å². The van der Waals surface area contributed by atoms with Crippen molar-refractivity contribution in [2.24, 2.45) is 0 Å². The van der Waals surface area contributed by atoms with E-state index in [0.29, 0.717) is 22.7 Å². The van der Waals surface area contributed by atoms with Crippen LogP contribution in [0.15, 0.2) is 58.8 Å². The highest BCUT2D eigenvalue weighted by Crippen LogP contribution is 2.24. The maximum absolute atomic E-state index is 13.3. The zero-order chi connectivity index (χ0) is 18.6. The van der Waals surface area contributed by atoms with Crippen LogP contribution in [-0.2, 0) is 16.4 Å². The van der Waals surface area contributed by atoms with Crippen molar-refractivity contribution >= 4 is 21.4 Å². The number of ether oxygens (including phenoxy) is 1. The number of hydrogen-bond acceptors (Lipinski definition) is 5. The standard InChI is InChI=1S/C18H17FN2O3S2/c1-24-16-5-7-17(8-6-16)26(22,23)20-10-9-15-12-25-18(21-15)13-3-2-4-14(19)11-13/h2-8,11-12,20H,9-10H2,1H3. The van der Waals surface area contributed by atoms with Gasteiger partial charge in [-0.1, -0.05) is 12.1 Å². The van der Waals surface area contributed by atoms with Gasteiger partial charge in [0.1, 0.15) is 16.6 Å². The average molecular weight is 392 g/mol. The molecule has 0 bridgehead atoms. The SMILES string of the molecule is COc1ccc(S(=O)(=O)NCCc2csc(-c3cccc(F)c3)n2)cc1. The van der Waals surface area contributed by atoms with Crippen molar-refractivity contribution in [2.75, 3.05) is 13.7 Å². The van der Waals surface area contributed by atoms with Gasteiger partial charge in [0, 0.05) is 23.9 Å². The Morgan fingerprint density at radius 1 is 1.19 bits per heavy atom. The van der Waals surface area contributed by atoms with Gasteiger partial charge in [-0.15, -0.1) is 11.3 Å². The number of halogens is 1. The summed E-state index contributed by atoms with van der Waals surface area (Å²) in [7, 11) is -2.06. The predicted molar refractivity (Wildman–Crippen MR) is 99.4 cm³/mol. The summed E-state index contributed by atoms with van der Waals surface area (Å²) in [5, 5.41) is 2.56. The predicted octanol–water partition coefficient (Wildman–Crippen LogP) is 3.48. The van der Waals surface area contributed by atoms with E-state index in [1.165, 1.54) is 42.7 Å². The molecule has 5 nitrogen and oxygen atoms in total. The number of hydrogen-bond donors (Lipinski definition) is 1. The highest BCUT2D eigenvalue weighted by Gasteiger charge is 2.14. The second-order valence-electron chi connectivity index (χ2n) is 5.48. The van der Waals surface area contributed by atoms with Crippen molar-refractivity contribution in [1.29, 1.82) is 0 Å². The quantitative estimate of drug-likeness (QED) is 0.668. The molecule has 1 N–H and O–H groups in total. The molecular formula is C18H17FN2O3S2. The Hall–Kier alpha value is -2.29. The molecule has 8 heteroatoms. The van der Waals surface area contributed by atoms with Gasteiger partial charge < -0.3 is 4.74 Å². The molecule has 2 aromatic carbocycles. The van der Waals surface area contributed by atoms with Gasteiger partial charge in [0.05, 0.1) is 17.7 Å². The van der Waals surface area contributed by atoms with Gasteiger partial charge in [-0.2, -0.15) is 0 Å². The Labute approximate surface area is 155 Å². The van der Waals surface area contributed by atoms with Crippen molar-refractivity contribution in [3.8, 4) is 16.3 Å². The molecular weight excluding hydrogens is 375 g/mol. The summed E-state index contributed by atoms with van der Waals surface area (Å²) in [6.45, 7) is 0.223. The number of nitrogens with one attached hydrogen (secondary N) is 1. The molecule has 0 unspecified atom stereocenters. The van der Waals surface area contributed by atoms with Crippen LogP contribution >= 0.6 is 11.3 Å². The Balaban J connectivity index is 1.61. The fraction of sp³-hybridized carbons (Fsp3) is 0.167. The third kappa shape index (κ3) is 4.46. The Morgan fingerprint density at radius 3 is 2.65 bits per heavy atom. The zero-order valence-corrected chi connectivity index (χ0v) is 15.6. The highest BCUT2D eigenvalue weighted by molar-refractivity contribution is 7.89. The van der Waals surface area contributed by atoms with Gasteiger partial charge in [0.25, 0.3) is 0 Å². The van der Waals surface area contributed by atoms with Crippen molar-refractivity contribution < 1.29 is 17.5 Å². The lowest BCUT2D eigenvalue weighted by atomic mass is 10.2. The second-order valence-corrected chi connectivity index (χ2v) is 8.10. The Bertz CT molecular complexity index is 986. The summed E-state index contributed by atoms with van der Waals surface area (Å²) in [6, 6.07) is 12.4. The number of rotatable bonds is 7. The first-order chi connectivity index (χ1) is 12.5. The summed E-state index contributed by atoms with van der Waals surface area (Å²) in [6.07, 6.45) is 0.446. The Morgan fingerprint density at radius 2 is 1.96 bits per heavy atom. The number of nitrogens with zero attached hydrogens (tertiary/aromatic N) is 1. The zero-order valence-electron chi connectivity index (χ0n) is 14.0. The van der Waals surface area contributed by atoms with Crippen LogP contribution in [0.2, 0.25) is 0 Å². The molecule has 0 atom stereocenters. The van der Waals surface area contributed by atoms with E-state index in [1.54, 1.807) is 24.3 Å². The van der Waals surface area contributed by atoms with Crippen LogP contribution in [0.25, 0.3) is 10.6 Å². The van der Waals surface area contributed by atoms with E-state index >= 15 is 0 Å². The largest absolute Gasteiger partial charge is 0.497 e. The summed E-state index contributed by atoms with van der Waals surface area (Å²) in [5.74, 6) is 0.280. The number of sulfonamides is 1. The lowest BCUT2D eigenvalue weighted by molar-refractivity contribution is 0.414. The number of methoxy groups -OCH3 is 1. The normalized spacial score (nSPS) is 11.5. The van der Waals surface area contributed by atoms with E-state index in [0.717, 1.165) is 5.69 Å². The molecule has 0 radical (unpaired) electrons. The first-order valence-corrected chi connectivity index (χ1v) is 10.2. The van der Waals surface area contributed by atoms with Crippen molar-refractivity contribution in [3.63, 3.8) is 0 Å². The molecule has 136 valence electrons. The fourth-order valence-electron chi connectivity index (χ4n) is 2.33. The van der Waals surface area contributed by atoms with Crippen molar-refractivity contribution in [3.05, 3.63) is 65.4 Å². The van der Waals surface area contributed by atoms with Gasteiger partial charge in [-0.25, -0.2) is 22.5 Å². The topological polar surface area (TPSA) is 68.3 Å². The number of thiazole rings is 1. The summed E-state index contributed by atoms with van der Waals surface area (Å²) >= 11 is 1.40. The first-order valence-electron chi connectivity index (χ1n) is 7.82. The molecule has 0 spiro atoms. The average Bonchev–Trinajstić information content (AvgIpc) is 3.10. The number of benzene rings is 2. The lowest BCUT2D eigenvalue weighted by Crippen LogP contribution is -2.26. The van der Waals surface area contributed by atoms with Crippen LogP contribution < -0.4 is 9.46 Å². The fourth-order valence-corrected chi connectivity index (χ4v) is 4.21. The van der Waals surface area contributed by atoms with Crippen LogP contribution in [0.3, 0.4) is 0 Å². The Kier molecular flexibility index (Phi) is 5.65. The van der Waals surface area contributed by atoms with E-state index < -0.39 is 10.0 Å². The molecule has 0 aliphatic rings. The second kappa shape index (κ2) is 7.94. The van der Waals surface area contributed by atoms with E-state index in [2.05, 4.69) is 9.71 Å². The molecule has 26 heavy (non-hydrogen) atoms. The molecule has 0 saturated carbocycles. The minimum Gasteiger partial charge on any atom is -0.497 e. The maximum atomic E-state index is 13.3. The summed E-state index contributed by atoms with van der Waals surface area (Å²) in [4.78, 5) is 4.61. The van der Waals surface area contributed by atoms with Gasteiger partial charge in [0.2, 0.25) is 10.0 Å². The van der Waals surface area contributed by atoms with Crippen LogP contribution in [0, 0.1) is 5.82 Å². The van der Waals surface area contributed by atoms with E-state index in [1.807, 2.05) is 5.38 Å². The highest BCUT2D eigenvalue weighted by atomic mass is 32.2. The van der Waals surface area contributed by atoms with Crippen molar-refractivity contribution in [1.82, 2.24) is 9.71 Å². The van der Waals surface area contributed by atoms with E-state index in [-0.39, 0.29) is 17.3 Å². The molecule has 0 aliphatic heterocycles. The third-order valence-corrected chi connectivity index (χ3v) is 6.08. The monoisotopic (exact) mass is 392 g/mol. The summed E-state index contributed by atoms with van der Waals surface area (Å²) < 4.78 is 45.4. The first kappa shape index (κ1) is 18.5. The maximum Gasteiger partial charge on any atom is 0.240 e. The van der Waals surface area contributed by atoms with E-state index in [4.69, 9.17) is 4.74 Å². The third-order valence-electron chi connectivity index (χ3n) is 3.67. The van der Waals surface area contributed by atoms with Gasteiger partial charge in [-0.3, -0.25) is 0 Å². The molecule has 3 aromatic rings. The van der Waals surface area contributed by atoms with Gasteiger partial charge in [0.15, 0.2) is 0 Å². The van der Waals surface area contributed by atoms with Crippen LogP contribution in [0.1, 0.15) is 5.69 Å². The molecule has 0 saturated heterocycles. The number of aromatic nitrogens is 1. The smallest absolute Gasteiger partial charge is 0.240 e. The van der Waals surface area contributed by atoms with Crippen molar-refractivity contribution in [2.45, 2.75) is 11.3 Å². The van der Waals surface area contributed by atoms with Crippen LogP contribution in [-0.4, -0.2) is 27.1 Å². The van der Waals surface area contributed by atoms with Gasteiger partial charge in [-0.05, 0) is 36.4 Å². The summed E-state index contributed by atoms with van der Waals surface area (Å²) in [5.41, 5.74) is 1.46. The molecule has 3 rings (SSSR count). The van der Waals surface area contributed by atoms with Crippen LogP contribution in [0.5, 0.6) is 5.75 Å². The minimum atomic E-state index is -3.59. The molecule has 0 aliphatic carbocycles. The minimum absolute atomic E-state index is 0.178. The molecule has 0 amide bonds. The van der Waals surface area contributed by atoms with E-state index in [9.17, 15) is 12.8 Å². The van der Waals surface area contributed by atoms with Gasteiger partial charge >= 0.3 is 0 Å².